The molecule has 0 amide bonds. The lowest BCUT2D eigenvalue weighted by Gasteiger charge is -2.24. The molecule has 3 heterocycles. The van der Waals surface area contributed by atoms with E-state index < -0.39 is 0 Å². The summed E-state index contributed by atoms with van der Waals surface area (Å²) in [6.45, 7) is 0. The Bertz CT molecular complexity index is 2420. The molecule has 0 aliphatic carbocycles. The zero-order valence-corrected chi connectivity index (χ0v) is 24.4. The molecule has 2 aromatic heterocycles. The van der Waals surface area contributed by atoms with Crippen molar-refractivity contribution in [3.8, 4) is 11.1 Å². The summed E-state index contributed by atoms with van der Waals surface area (Å²) in [6.07, 6.45) is -0.348. The molecule has 1 unspecified atom stereocenters. The third-order valence-electron chi connectivity index (χ3n) is 8.37. The average molecular weight is 584 g/mol. The summed E-state index contributed by atoms with van der Waals surface area (Å²) >= 11 is 1.84. The molecule has 0 saturated carbocycles. The highest BCUT2D eigenvalue weighted by atomic mass is 32.1. The first kappa shape index (κ1) is 25.0. The number of thiophene rings is 1. The van der Waals surface area contributed by atoms with E-state index in [9.17, 15) is 0 Å². The van der Waals surface area contributed by atoms with Gasteiger partial charge in [0.1, 0.15) is 23.2 Å². The van der Waals surface area contributed by atoms with E-state index >= 15 is 0 Å². The van der Waals surface area contributed by atoms with Gasteiger partial charge in [0.05, 0.1) is 5.56 Å². The SMILES string of the molecule is c1ccc(C2=NC(c3cccc4c3oc3ccccc34)=NC(c3cccc4sc5c(-c6ccccc6)cccc5c34)N2)cc1. The van der Waals surface area contributed by atoms with E-state index in [1.54, 1.807) is 0 Å². The molecule has 0 saturated heterocycles. The second-order valence-electron chi connectivity index (χ2n) is 11.0. The van der Waals surface area contributed by atoms with Crippen molar-refractivity contribution < 1.29 is 4.42 Å². The molecular formula is C39H25N3OS. The molecule has 6 aromatic carbocycles. The maximum absolute atomic E-state index is 6.42. The summed E-state index contributed by atoms with van der Waals surface area (Å²) in [5.41, 5.74) is 7.14. The monoisotopic (exact) mass is 583 g/mol. The van der Waals surface area contributed by atoms with Gasteiger partial charge in [0.25, 0.3) is 0 Å². The van der Waals surface area contributed by atoms with Crippen LogP contribution >= 0.6 is 11.3 Å². The lowest BCUT2D eigenvalue weighted by molar-refractivity contribution is 0.664. The van der Waals surface area contributed by atoms with Crippen LogP contribution in [0.3, 0.4) is 0 Å². The molecule has 1 aliphatic heterocycles. The molecule has 0 bridgehead atoms. The quantitative estimate of drug-likeness (QED) is 0.224. The number of para-hydroxylation sites is 2. The van der Waals surface area contributed by atoms with Crippen LogP contribution in [0.1, 0.15) is 22.9 Å². The number of nitrogens with zero attached hydrogens (tertiary/aromatic N) is 2. The Kier molecular flexibility index (Phi) is 5.71. The van der Waals surface area contributed by atoms with Crippen LogP contribution in [0.15, 0.2) is 154 Å². The van der Waals surface area contributed by atoms with E-state index in [2.05, 4.69) is 108 Å². The predicted molar refractivity (Wildman–Crippen MR) is 184 cm³/mol. The fraction of sp³-hybridized carbons (Fsp3) is 0.0256. The van der Waals surface area contributed by atoms with Gasteiger partial charge in [-0.15, -0.1) is 11.3 Å². The molecule has 1 atom stereocenters. The van der Waals surface area contributed by atoms with Crippen molar-refractivity contribution in [2.24, 2.45) is 9.98 Å². The fourth-order valence-corrected chi connectivity index (χ4v) is 7.62. The normalized spacial score (nSPS) is 15.0. The molecule has 44 heavy (non-hydrogen) atoms. The van der Waals surface area contributed by atoms with E-state index in [1.165, 1.54) is 31.3 Å². The second kappa shape index (κ2) is 10.0. The molecule has 0 fully saturated rings. The number of nitrogens with one attached hydrogen (secondary N) is 1. The summed E-state index contributed by atoms with van der Waals surface area (Å²) in [5, 5.41) is 8.30. The molecule has 0 radical (unpaired) electrons. The van der Waals surface area contributed by atoms with Gasteiger partial charge in [-0.05, 0) is 29.3 Å². The van der Waals surface area contributed by atoms with E-state index in [0.717, 1.165) is 44.5 Å². The van der Waals surface area contributed by atoms with Crippen LogP contribution in [0.5, 0.6) is 0 Å². The van der Waals surface area contributed by atoms with E-state index in [1.807, 2.05) is 47.7 Å². The molecule has 8 aromatic rings. The number of amidine groups is 2. The van der Waals surface area contributed by atoms with Crippen LogP contribution in [0, 0.1) is 0 Å². The minimum atomic E-state index is -0.348. The first-order chi connectivity index (χ1) is 21.8. The maximum Gasteiger partial charge on any atom is 0.163 e. The van der Waals surface area contributed by atoms with Gasteiger partial charge in [0.15, 0.2) is 5.84 Å². The average Bonchev–Trinajstić information content (AvgIpc) is 3.67. The lowest BCUT2D eigenvalue weighted by atomic mass is 9.99. The Morgan fingerprint density at radius 2 is 1.27 bits per heavy atom. The molecule has 4 nitrogen and oxygen atoms in total. The van der Waals surface area contributed by atoms with Gasteiger partial charge in [0, 0.05) is 42.1 Å². The fourth-order valence-electron chi connectivity index (χ4n) is 6.34. The predicted octanol–water partition coefficient (Wildman–Crippen LogP) is 10.1. The second-order valence-corrected chi connectivity index (χ2v) is 12.0. The number of furan rings is 1. The Morgan fingerprint density at radius 3 is 2.11 bits per heavy atom. The van der Waals surface area contributed by atoms with Crippen molar-refractivity contribution in [2.75, 3.05) is 0 Å². The van der Waals surface area contributed by atoms with Gasteiger partial charge in [-0.1, -0.05) is 121 Å². The third kappa shape index (κ3) is 3.98. The van der Waals surface area contributed by atoms with Gasteiger partial charge in [0.2, 0.25) is 0 Å². The van der Waals surface area contributed by atoms with Crippen molar-refractivity contribution in [1.29, 1.82) is 0 Å². The molecule has 0 spiro atoms. The Balaban J connectivity index is 1.27. The number of fused-ring (bicyclic) bond motifs is 6. The molecule has 5 heteroatoms. The van der Waals surface area contributed by atoms with Crippen molar-refractivity contribution in [3.05, 3.63) is 156 Å². The van der Waals surface area contributed by atoms with Gasteiger partial charge < -0.3 is 9.73 Å². The van der Waals surface area contributed by atoms with Crippen LogP contribution in [0.25, 0.3) is 53.2 Å². The topological polar surface area (TPSA) is 49.9 Å². The van der Waals surface area contributed by atoms with Gasteiger partial charge >= 0.3 is 0 Å². The number of aliphatic imine (C=N–C) groups is 2. The highest BCUT2D eigenvalue weighted by Crippen LogP contribution is 2.43. The smallest absolute Gasteiger partial charge is 0.163 e. The molecule has 208 valence electrons. The standard InChI is InChI=1S/C39H25N3OS/c1-3-12-24(13-4-1)26-17-9-19-29-34-30(20-11-23-33(34)44-36(26)29)38-40-37(25-14-5-2-6-15-25)41-39(42-38)31-21-10-18-28-27-16-7-8-22-32(27)43-35(28)31/h1-23,38H,(H,40,41,42). The van der Waals surface area contributed by atoms with Gasteiger partial charge in [-0.3, -0.25) is 0 Å². The number of hydrogen-bond donors (Lipinski definition) is 1. The minimum absolute atomic E-state index is 0.348. The highest BCUT2D eigenvalue weighted by Gasteiger charge is 2.26. The lowest BCUT2D eigenvalue weighted by Crippen LogP contribution is -2.33. The first-order valence-corrected chi connectivity index (χ1v) is 15.5. The summed E-state index contributed by atoms with van der Waals surface area (Å²) in [7, 11) is 0. The van der Waals surface area contributed by atoms with Crippen LogP contribution in [-0.2, 0) is 0 Å². The van der Waals surface area contributed by atoms with Crippen molar-refractivity contribution in [1.82, 2.24) is 5.32 Å². The highest BCUT2D eigenvalue weighted by molar-refractivity contribution is 7.26. The van der Waals surface area contributed by atoms with Crippen LogP contribution < -0.4 is 5.32 Å². The molecule has 1 aliphatic rings. The Labute approximate surface area is 257 Å². The van der Waals surface area contributed by atoms with Gasteiger partial charge in [-0.25, -0.2) is 9.98 Å². The zero-order valence-electron chi connectivity index (χ0n) is 23.6. The largest absolute Gasteiger partial charge is 0.455 e. The number of benzene rings is 6. The van der Waals surface area contributed by atoms with Crippen LogP contribution in [-0.4, -0.2) is 11.7 Å². The summed E-state index contributed by atoms with van der Waals surface area (Å²) in [6, 6.07) is 48.4. The van der Waals surface area contributed by atoms with Crippen molar-refractivity contribution in [2.45, 2.75) is 6.17 Å². The summed E-state index contributed by atoms with van der Waals surface area (Å²) in [4.78, 5) is 10.4. The molecule has 9 rings (SSSR count). The Hall–Kier alpha value is -5.52. The van der Waals surface area contributed by atoms with Crippen molar-refractivity contribution >= 4 is 65.1 Å². The van der Waals surface area contributed by atoms with Crippen LogP contribution in [0.2, 0.25) is 0 Å². The van der Waals surface area contributed by atoms with E-state index in [0.29, 0.717) is 5.84 Å². The zero-order chi connectivity index (χ0) is 29.0. The number of hydrogen-bond acceptors (Lipinski definition) is 5. The summed E-state index contributed by atoms with van der Waals surface area (Å²) in [5.74, 6) is 1.44. The van der Waals surface area contributed by atoms with E-state index in [4.69, 9.17) is 14.4 Å². The summed E-state index contributed by atoms with van der Waals surface area (Å²) < 4.78 is 8.94. The maximum atomic E-state index is 6.42. The third-order valence-corrected chi connectivity index (χ3v) is 9.57. The molecule has 1 N–H and O–H groups in total. The molecular weight excluding hydrogens is 559 g/mol. The van der Waals surface area contributed by atoms with Crippen molar-refractivity contribution in [3.63, 3.8) is 0 Å². The van der Waals surface area contributed by atoms with Crippen LogP contribution in [0.4, 0.5) is 0 Å². The minimum Gasteiger partial charge on any atom is -0.455 e. The van der Waals surface area contributed by atoms with E-state index in [-0.39, 0.29) is 6.17 Å². The first-order valence-electron chi connectivity index (χ1n) is 14.7. The number of rotatable bonds is 4. The Morgan fingerprint density at radius 1 is 0.591 bits per heavy atom. The van der Waals surface area contributed by atoms with Gasteiger partial charge in [-0.2, -0.15) is 0 Å².